The monoisotopic (exact) mass is 447 g/mol. The minimum absolute atomic E-state index is 0.399. The van der Waals surface area contributed by atoms with E-state index in [1.807, 2.05) is 18.5 Å². The van der Waals surface area contributed by atoms with Crippen LogP contribution in [0.3, 0.4) is 0 Å². The molecule has 3 heterocycles. The van der Waals surface area contributed by atoms with Crippen LogP contribution in [0.4, 0.5) is 0 Å². The topological polar surface area (TPSA) is 70.7 Å². The van der Waals surface area contributed by atoms with Gasteiger partial charge in [-0.25, -0.2) is 9.50 Å². The van der Waals surface area contributed by atoms with E-state index in [4.69, 9.17) is 0 Å². The number of nitrogens with zero attached hydrogens (tertiary/aromatic N) is 4. The van der Waals surface area contributed by atoms with Crippen molar-refractivity contribution in [2.45, 2.75) is 24.2 Å². The summed E-state index contributed by atoms with van der Waals surface area (Å²) in [7, 11) is -3.03. The molecule has 0 radical (unpaired) electrons. The lowest BCUT2D eigenvalue weighted by Crippen LogP contribution is -2.21. The molecule has 0 saturated carbocycles. The van der Waals surface area contributed by atoms with Crippen LogP contribution in [0, 0.1) is 0 Å². The summed E-state index contributed by atoms with van der Waals surface area (Å²) in [6.07, 6.45) is 10.6. The van der Waals surface area contributed by atoms with Crippen molar-refractivity contribution in [2.24, 2.45) is 0 Å². The summed E-state index contributed by atoms with van der Waals surface area (Å²) in [5.74, 6) is 0. The molecule has 164 valence electrons. The van der Waals surface area contributed by atoms with Crippen molar-refractivity contribution in [3.63, 3.8) is 0 Å². The summed E-state index contributed by atoms with van der Waals surface area (Å²) < 4.78 is 23.7. The molecule has 32 heavy (non-hydrogen) atoms. The predicted octanol–water partition coefficient (Wildman–Crippen LogP) is 4.66. The van der Waals surface area contributed by atoms with E-state index in [0.717, 1.165) is 35.2 Å². The van der Waals surface area contributed by atoms with Gasteiger partial charge in [0.05, 0.1) is 6.20 Å². The van der Waals surface area contributed by atoms with E-state index < -0.39 is 10.2 Å². The highest BCUT2D eigenvalue weighted by molar-refractivity contribution is 7.97. The second-order valence-electron chi connectivity index (χ2n) is 8.50. The summed E-state index contributed by atoms with van der Waals surface area (Å²) >= 11 is 0. The Kier molecular flexibility index (Phi) is 5.63. The molecular formula is C25H27N4O2S+. The average Bonchev–Trinajstić information content (AvgIpc) is 3.47. The van der Waals surface area contributed by atoms with E-state index in [-0.39, 0.29) is 0 Å². The third kappa shape index (κ3) is 4.37. The molecule has 1 aliphatic heterocycles. The Bertz CT molecular complexity index is 1290. The van der Waals surface area contributed by atoms with Crippen LogP contribution in [0.1, 0.15) is 18.4 Å². The van der Waals surface area contributed by atoms with E-state index in [1.54, 1.807) is 28.9 Å². The van der Waals surface area contributed by atoms with Gasteiger partial charge in [0, 0.05) is 36.1 Å². The van der Waals surface area contributed by atoms with Crippen molar-refractivity contribution < 1.29 is 8.76 Å². The highest BCUT2D eigenvalue weighted by atomic mass is 32.3. The quantitative estimate of drug-likeness (QED) is 0.435. The van der Waals surface area contributed by atoms with Gasteiger partial charge in [0.15, 0.2) is 10.5 Å². The minimum atomic E-state index is -3.03. The molecule has 1 N–H and O–H groups in total. The fourth-order valence-corrected chi connectivity index (χ4v) is 4.96. The smallest absolute Gasteiger partial charge is 0.244 e. The zero-order valence-electron chi connectivity index (χ0n) is 18.1. The summed E-state index contributed by atoms with van der Waals surface area (Å²) in [6.45, 7) is 3.60. The Labute approximate surface area is 189 Å². The van der Waals surface area contributed by atoms with Gasteiger partial charge in [-0.15, -0.1) is 0 Å². The van der Waals surface area contributed by atoms with Crippen LogP contribution >= 0.6 is 0 Å². The first-order valence-corrected chi connectivity index (χ1v) is 12.9. The van der Waals surface area contributed by atoms with Crippen LogP contribution in [0.5, 0.6) is 0 Å². The molecule has 1 atom stereocenters. The van der Waals surface area contributed by atoms with Gasteiger partial charge in [-0.05, 0) is 55.1 Å². The fourth-order valence-electron chi connectivity index (χ4n) is 4.28. The van der Waals surface area contributed by atoms with Crippen LogP contribution in [0.15, 0.2) is 72.0 Å². The first-order valence-electron chi connectivity index (χ1n) is 10.9. The Balaban J connectivity index is 1.37. The number of benzene rings is 2. The largest absolute Gasteiger partial charge is 0.303 e. The average molecular weight is 448 g/mol. The van der Waals surface area contributed by atoms with Gasteiger partial charge in [0.1, 0.15) is 6.26 Å². The van der Waals surface area contributed by atoms with E-state index in [0.29, 0.717) is 10.5 Å². The van der Waals surface area contributed by atoms with Crippen molar-refractivity contribution in [1.82, 2.24) is 19.5 Å². The highest BCUT2D eigenvalue weighted by Gasteiger charge is 2.22. The van der Waals surface area contributed by atoms with Gasteiger partial charge in [-0.3, -0.25) is 0 Å². The lowest BCUT2D eigenvalue weighted by atomic mass is 10.0. The molecule has 4 aromatic rings. The normalized spacial score (nSPS) is 16.4. The molecule has 0 bridgehead atoms. The SMILES string of the molecule is C[S+](=O)(O)c1cccc(-c2cnn3cc(-c4ccc(CCN5CCCC5)cc4)cnc23)c1. The van der Waals surface area contributed by atoms with E-state index in [2.05, 4.69) is 39.2 Å². The molecular weight excluding hydrogens is 420 g/mol. The fraction of sp³-hybridized carbons (Fsp3) is 0.280. The van der Waals surface area contributed by atoms with Crippen LogP contribution < -0.4 is 0 Å². The van der Waals surface area contributed by atoms with Gasteiger partial charge in [0.2, 0.25) is 10.2 Å². The molecule has 0 amide bonds. The molecule has 7 heteroatoms. The number of likely N-dealkylation sites (tertiary alicyclic amines) is 1. The molecule has 1 unspecified atom stereocenters. The Morgan fingerprint density at radius 2 is 1.78 bits per heavy atom. The Morgan fingerprint density at radius 1 is 1.00 bits per heavy atom. The van der Waals surface area contributed by atoms with Crippen molar-refractivity contribution in [3.8, 4) is 22.3 Å². The third-order valence-electron chi connectivity index (χ3n) is 6.14. The minimum Gasteiger partial charge on any atom is -0.303 e. The van der Waals surface area contributed by atoms with Crippen molar-refractivity contribution >= 4 is 15.9 Å². The zero-order chi connectivity index (χ0) is 22.1. The number of rotatable bonds is 6. The van der Waals surface area contributed by atoms with Crippen LogP contribution in [-0.4, -0.2) is 49.9 Å². The maximum absolute atomic E-state index is 12.0. The van der Waals surface area contributed by atoms with E-state index in [1.165, 1.54) is 37.8 Å². The van der Waals surface area contributed by atoms with E-state index in [9.17, 15) is 8.76 Å². The lowest BCUT2D eigenvalue weighted by molar-refractivity contribution is 0.343. The number of hydrogen-bond donors (Lipinski definition) is 1. The van der Waals surface area contributed by atoms with Gasteiger partial charge in [0.25, 0.3) is 0 Å². The molecule has 2 aromatic carbocycles. The second kappa shape index (κ2) is 8.58. The van der Waals surface area contributed by atoms with Crippen LogP contribution in [-0.2, 0) is 20.8 Å². The maximum atomic E-state index is 12.0. The standard InChI is InChI=1S/C25H26N4O2S/c1-32(30,31)23-6-4-5-21(15-23)24-17-27-29-18-22(16-26-25(24)29)20-9-7-19(8-10-20)11-14-28-12-2-3-13-28/h4-10,15-18H,2-3,11-14H2,1H3/p+1. The first-order chi connectivity index (χ1) is 15.5. The van der Waals surface area contributed by atoms with Crippen molar-refractivity contribution in [3.05, 3.63) is 72.7 Å². The molecule has 5 rings (SSSR count). The van der Waals surface area contributed by atoms with Gasteiger partial charge < -0.3 is 4.90 Å². The van der Waals surface area contributed by atoms with E-state index >= 15 is 0 Å². The molecule has 0 spiro atoms. The van der Waals surface area contributed by atoms with Crippen LogP contribution in [0.2, 0.25) is 0 Å². The summed E-state index contributed by atoms with van der Waals surface area (Å²) in [4.78, 5) is 7.59. The molecule has 6 nitrogen and oxygen atoms in total. The van der Waals surface area contributed by atoms with Crippen LogP contribution in [0.25, 0.3) is 27.9 Å². The molecule has 1 saturated heterocycles. The van der Waals surface area contributed by atoms with Gasteiger partial charge >= 0.3 is 0 Å². The van der Waals surface area contributed by atoms with Crippen molar-refractivity contribution in [1.29, 1.82) is 0 Å². The highest BCUT2D eigenvalue weighted by Crippen LogP contribution is 2.28. The first kappa shape index (κ1) is 21.0. The summed E-state index contributed by atoms with van der Waals surface area (Å²) in [6, 6.07) is 15.8. The Morgan fingerprint density at radius 3 is 2.53 bits per heavy atom. The zero-order valence-corrected chi connectivity index (χ0v) is 19.0. The van der Waals surface area contributed by atoms with Gasteiger partial charge in [-0.1, -0.05) is 40.6 Å². The molecule has 1 aliphatic rings. The van der Waals surface area contributed by atoms with Gasteiger partial charge in [-0.2, -0.15) is 9.65 Å². The number of hydrogen-bond acceptors (Lipinski definition) is 4. The molecule has 2 aromatic heterocycles. The Hall–Kier alpha value is -2.87. The predicted molar refractivity (Wildman–Crippen MR) is 128 cm³/mol. The third-order valence-corrected chi connectivity index (χ3v) is 7.27. The molecule has 1 fully saturated rings. The maximum Gasteiger partial charge on any atom is 0.244 e. The summed E-state index contributed by atoms with van der Waals surface area (Å²) in [5, 5.41) is 4.48. The summed E-state index contributed by atoms with van der Waals surface area (Å²) in [5.41, 5.74) is 5.83. The lowest BCUT2D eigenvalue weighted by Gasteiger charge is -2.14. The van der Waals surface area contributed by atoms with Crippen molar-refractivity contribution in [2.75, 3.05) is 25.9 Å². The number of fused-ring (bicyclic) bond motifs is 1. The molecule has 0 aliphatic carbocycles. The number of aromatic nitrogens is 3. The second-order valence-corrected chi connectivity index (χ2v) is 10.6.